The molecular weight excluding hydrogens is 227 g/mol. The van der Waals surface area contributed by atoms with Crippen LogP contribution in [0.25, 0.3) is 0 Å². The minimum absolute atomic E-state index is 0.277. The van der Waals surface area contributed by atoms with Crippen LogP contribution in [0.4, 0.5) is 17.3 Å². The number of methoxy groups -OCH3 is 1. The quantitative estimate of drug-likeness (QED) is 0.457. The largest absolute Gasteiger partial charge is 0.482 e. The summed E-state index contributed by atoms with van der Waals surface area (Å²) in [5, 5.41) is 0. The highest BCUT2D eigenvalue weighted by Crippen LogP contribution is 2.20. The first kappa shape index (κ1) is 12.5. The monoisotopic (exact) mass is 235 g/mol. The zero-order chi connectivity index (χ0) is 12.3. The third kappa shape index (κ3) is 3.25. The third-order valence-electron chi connectivity index (χ3n) is 1.93. The molecule has 0 N–H and O–H groups in total. The lowest BCUT2D eigenvalue weighted by Gasteiger charge is -2.15. The van der Waals surface area contributed by atoms with E-state index < -0.39 is 25.1 Å². The van der Waals surface area contributed by atoms with Crippen molar-refractivity contribution in [3.05, 3.63) is 35.1 Å². The summed E-state index contributed by atoms with van der Waals surface area (Å²) >= 11 is 0. The van der Waals surface area contributed by atoms with Crippen LogP contribution in [0.1, 0.15) is 15.9 Å². The molecular formula is C9H8BF4O2-. The lowest BCUT2D eigenvalue weighted by Crippen LogP contribution is -2.21. The van der Waals surface area contributed by atoms with E-state index in [-0.39, 0.29) is 11.1 Å². The molecule has 0 spiro atoms. The summed E-state index contributed by atoms with van der Waals surface area (Å²) in [6.07, 6.45) is -1.23. The van der Waals surface area contributed by atoms with E-state index >= 15 is 0 Å². The van der Waals surface area contributed by atoms with E-state index in [9.17, 15) is 22.1 Å². The van der Waals surface area contributed by atoms with Crippen LogP contribution in [0.2, 0.25) is 0 Å². The summed E-state index contributed by atoms with van der Waals surface area (Å²) in [6.45, 7) is -5.08. The molecule has 0 aliphatic rings. The van der Waals surface area contributed by atoms with Crippen LogP contribution in [-0.4, -0.2) is 20.1 Å². The smallest absolute Gasteiger partial charge is 0.465 e. The number of hydrogen-bond donors (Lipinski definition) is 0. The number of esters is 1. The van der Waals surface area contributed by atoms with E-state index in [2.05, 4.69) is 4.74 Å². The Morgan fingerprint density at radius 2 is 2.00 bits per heavy atom. The Hall–Kier alpha value is -1.53. The number of benzene rings is 1. The molecule has 1 aromatic carbocycles. The average molecular weight is 235 g/mol. The predicted molar refractivity (Wildman–Crippen MR) is 50.5 cm³/mol. The summed E-state index contributed by atoms with van der Waals surface area (Å²) in [5.74, 6) is -1.76. The van der Waals surface area contributed by atoms with Gasteiger partial charge in [0.2, 0.25) is 0 Å². The van der Waals surface area contributed by atoms with Gasteiger partial charge in [0.15, 0.2) is 0 Å². The maximum absolute atomic E-state index is 12.8. The molecule has 0 unspecified atom stereocenters. The lowest BCUT2D eigenvalue weighted by molar-refractivity contribution is 0.0599. The summed E-state index contributed by atoms with van der Waals surface area (Å²) in [7, 11) is 1.02. The molecule has 0 aromatic heterocycles. The van der Waals surface area contributed by atoms with Crippen molar-refractivity contribution in [1.82, 2.24) is 0 Å². The predicted octanol–water partition coefficient (Wildman–Crippen LogP) is 2.54. The molecule has 7 heteroatoms. The molecule has 0 saturated carbocycles. The average Bonchev–Trinajstić information content (AvgIpc) is 2.17. The molecule has 0 radical (unpaired) electrons. The molecule has 0 bridgehead atoms. The minimum Gasteiger partial charge on any atom is -0.465 e. The summed E-state index contributed by atoms with van der Waals surface area (Å²) in [6, 6.07) is 2.56. The number of carbonyl (C=O) groups excluding carboxylic acids is 1. The molecule has 1 aromatic rings. The standard InChI is InChI=1S/C9H8BF4O2/c1-16-9(15)8-4-7(11)3-2-6(8)5-10(12,13)14/h2-4H,5H2,1H3/q-1. The van der Waals surface area contributed by atoms with Gasteiger partial charge in [-0.05, 0) is 12.1 Å². The van der Waals surface area contributed by atoms with Crippen molar-refractivity contribution in [2.24, 2.45) is 0 Å². The Bertz CT molecular complexity index is 403. The van der Waals surface area contributed by atoms with E-state index in [0.717, 1.165) is 25.3 Å². The first-order valence-electron chi connectivity index (χ1n) is 4.41. The Kier molecular flexibility index (Phi) is 3.56. The third-order valence-corrected chi connectivity index (χ3v) is 1.93. The van der Waals surface area contributed by atoms with Gasteiger partial charge in [0, 0.05) is 0 Å². The van der Waals surface area contributed by atoms with Crippen LogP contribution < -0.4 is 0 Å². The van der Waals surface area contributed by atoms with Crippen molar-refractivity contribution in [3.63, 3.8) is 0 Å². The SMILES string of the molecule is COC(=O)c1cc(F)ccc1C[B-](F)(F)F. The number of carbonyl (C=O) groups is 1. The highest BCUT2D eigenvalue weighted by molar-refractivity contribution is 6.58. The molecule has 0 saturated heterocycles. The van der Waals surface area contributed by atoms with E-state index in [4.69, 9.17) is 0 Å². The van der Waals surface area contributed by atoms with Gasteiger partial charge in [-0.1, -0.05) is 17.9 Å². The number of rotatable bonds is 3. The van der Waals surface area contributed by atoms with Crippen LogP contribution in [0.3, 0.4) is 0 Å². The normalized spacial score (nSPS) is 11.3. The molecule has 0 atom stereocenters. The molecule has 0 aliphatic carbocycles. The van der Waals surface area contributed by atoms with Gasteiger partial charge in [0.25, 0.3) is 0 Å². The van der Waals surface area contributed by atoms with Crippen molar-refractivity contribution in [2.75, 3.05) is 7.11 Å². The van der Waals surface area contributed by atoms with Crippen molar-refractivity contribution in [3.8, 4) is 0 Å². The molecule has 0 fully saturated rings. The van der Waals surface area contributed by atoms with Gasteiger partial charge in [-0.2, -0.15) is 0 Å². The second kappa shape index (κ2) is 4.55. The van der Waals surface area contributed by atoms with E-state index in [0.29, 0.717) is 0 Å². The maximum Gasteiger partial charge on any atom is 0.482 e. The topological polar surface area (TPSA) is 26.3 Å². The van der Waals surface area contributed by atoms with Gasteiger partial charge < -0.3 is 17.7 Å². The molecule has 0 amide bonds. The molecule has 0 aliphatic heterocycles. The molecule has 0 heterocycles. The fourth-order valence-electron chi connectivity index (χ4n) is 1.28. The van der Waals surface area contributed by atoms with Gasteiger partial charge in [-0.15, -0.1) is 0 Å². The zero-order valence-corrected chi connectivity index (χ0v) is 8.34. The van der Waals surface area contributed by atoms with Crippen molar-refractivity contribution in [1.29, 1.82) is 0 Å². The van der Waals surface area contributed by atoms with E-state index in [1.807, 2.05) is 0 Å². The fourth-order valence-corrected chi connectivity index (χ4v) is 1.28. The van der Waals surface area contributed by atoms with Gasteiger partial charge in [-0.25, -0.2) is 9.18 Å². The van der Waals surface area contributed by atoms with Crippen LogP contribution in [-0.2, 0) is 11.1 Å². The Morgan fingerprint density at radius 1 is 1.38 bits per heavy atom. The highest BCUT2D eigenvalue weighted by atomic mass is 19.4. The first-order valence-corrected chi connectivity index (χ1v) is 4.41. The molecule has 2 nitrogen and oxygen atoms in total. The van der Waals surface area contributed by atoms with Gasteiger partial charge in [-0.3, -0.25) is 0 Å². The Labute approximate surface area is 89.3 Å². The summed E-state index contributed by atoms with van der Waals surface area (Å²) < 4.78 is 53.7. The summed E-state index contributed by atoms with van der Waals surface area (Å²) in [5.41, 5.74) is -0.664. The number of ether oxygens (including phenoxy) is 1. The van der Waals surface area contributed by atoms with Crippen molar-refractivity contribution in [2.45, 2.75) is 6.32 Å². The Morgan fingerprint density at radius 3 is 2.50 bits per heavy atom. The second-order valence-electron chi connectivity index (χ2n) is 3.21. The van der Waals surface area contributed by atoms with Gasteiger partial charge in [0.1, 0.15) is 5.82 Å². The van der Waals surface area contributed by atoms with Gasteiger partial charge in [0.05, 0.1) is 12.7 Å². The lowest BCUT2D eigenvalue weighted by atomic mass is 9.80. The van der Waals surface area contributed by atoms with Crippen LogP contribution >= 0.6 is 0 Å². The molecule has 88 valence electrons. The maximum atomic E-state index is 12.8. The minimum atomic E-state index is -5.08. The fraction of sp³-hybridized carbons (Fsp3) is 0.222. The van der Waals surface area contributed by atoms with Crippen LogP contribution in [0, 0.1) is 5.82 Å². The van der Waals surface area contributed by atoms with Crippen molar-refractivity contribution < 1.29 is 26.9 Å². The van der Waals surface area contributed by atoms with Crippen LogP contribution in [0.5, 0.6) is 0 Å². The van der Waals surface area contributed by atoms with Crippen molar-refractivity contribution >= 4 is 12.9 Å². The molecule has 1 rings (SSSR count). The first-order chi connectivity index (χ1) is 7.33. The number of halogens is 4. The summed E-state index contributed by atoms with van der Waals surface area (Å²) in [4.78, 5) is 11.1. The highest BCUT2D eigenvalue weighted by Gasteiger charge is 2.26. The molecule has 16 heavy (non-hydrogen) atoms. The van der Waals surface area contributed by atoms with E-state index in [1.165, 1.54) is 0 Å². The van der Waals surface area contributed by atoms with Crippen LogP contribution in [0.15, 0.2) is 18.2 Å². The number of hydrogen-bond acceptors (Lipinski definition) is 2. The van der Waals surface area contributed by atoms with Gasteiger partial charge >= 0.3 is 12.9 Å². The van der Waals surface area contributed by atoms with E-state index in [1.54, 1.807) is 0 Å². The Balaban J connectivity index is 3.13. The zero-order valence-electron chi connectivity index (χ0n) is 8.34. The second-order valence-corrected chi connectivity index (χ2v) is 3.21.